The van der Waals surface area contributed by atoms with E-state index in [9.17, 15) is 18.4 Å². The van der Waals surface area contributed by atoms with Crippen molar-refractivity contribution in [2.45, 2.75) is 32.9 Å². The number of fused-ring (bicyclic) bond motifs is 1. The maximum atomic E-state index is 15.2. The van der Waals surface area contributed by atoms with E-state index in [4.69, 9.17) is 4.74 Å². The molecule has 0 spiro atoms. The lowest BCUT2D eigenvalue weighted by molar-refractivity contribution is -0.129. The Labute approximate surface area is 240 Å². The molecule has 1 saturated heterocycles. The van der Waals surface area contributed by atoms with Crippen LogP contribution in [0, 0.1) is 17.6 Å². The fourth-order valence-electron chi connectivity index (χ4n) is 5.03. The van der Waals surface area contributed by atoms with E-state index < -0.39 is 35.5 Å². The van der Waals surface area contributed by atoms with Gasteiger partial charge in [0.05, 0.1) is 5.39 Å². The van der Waals surface area contributed by atoms with Gasteiger partial charge in [-0.2, -0.15) is 0 Å². The van der Waals surface area contributed by atoms with Crippen LogP contribution < -0.4 is 15.0 Å². The Balaban J connectivity index is 1.31. The molecule has 2 amide bonds. The van der Waals surface area contributed by atoms with Gasteiger partial charge >= 0.3 is 0 Å². The van der Waals surface area contributed by atoms with Crippen LogP contribution in [0.3, 0.4) is 0 Å². The van der Waals surface area contributed by atoms with E-state index in [2.05, 4.69) is 15.3 Å². The van der Waals surface area contributed by atoms with Gasteiger partial charge < -0.3 is 19.9 Å². The van der Waals surface area contributed by atoms with E-state index in [1.165, 1.54) is 60.5 Å². The Kier molecular flexibility index (Phi) is 8.42. The molecule has 1 fully saturated rings. The van der Waals surface area contributed by atoms with Gasteiger partial charge in [0.2, 0.25) is 11.8 Å². The third-order valence-corrected chi connectivity index (χ3v) is 6.92. The zero-order valence-corrected chi connectivity index (χ0v) is 23.0. The maximum Gasteiger partial charge on any atom is 0.239 e. The lowest BCUT2D eigenvalue weighted by Crippen LogP contribution is -2.33. The van der Waals surface area contributed by atoms with Gasteiger partial charge in [0.1, 0.15) is 29.3 Å². The molecule has 4 aromatic rings. The number of aromatic nitrogens is 2. The first-order valence-electron chi connectivity index (χ1n) is 13.5. The van der Waals surface area contributed by atoms with Crippen LogP contribution in [0.2, 0.25) is 0 Å². The molecule has 3 heterocycles. The second-order valence-corrected chi connectivity index (χ2v) is 9.99. The highest BCUT2D eigenvalue weighted by Crippen LogP contribution is 2.35. The van der Waals surface area contributed by atoms with Crippen LogP contribution in [0.25, 0.3) is 11.0 Å². The second-order valence-electron chi connectivity index (χ2n) is 9.99. The molecule has 5 rings (SSSR count). The number of pyridine rings is 1. The molecule has 2 unspecified atom stereocenters. The number of hydrogen-bond donors (Lipinski definition) is 2. The van der Waals surface area contributed by atoms with Crippen molar-refractivity contribution in [1.29, 1.82) is 0 Å². The standard InChI is InChI=1S/C32H29F3N4O3/c1-3-4-20(15-19(2)33)16-21-18-37-30-29(21)28(11-13-36-30)42-27-10-7-23(17-26(27)35)38-31(40)25-12-14-39(32(25)41)24-8-5-22(34)6-9-24/h3-11,13,15,17-19,25H,12,14,16H2,1-2H3,(H,36,37)(H,38,40)/b4-3-,20-15+. The van der Waals surface area contributed by atoms with Gasteiger partial charge in [-0.05, 0) is 86.4 Å². The van der Waals surface area contributed by atoms with Crippen molar-refractivity contribution in [3.63, 3.8) is 0 Å². The summed E-state index contributed by atoms with van der Waals surface area (Å²) in [7, 11) is 0. The highest BCUT2D eigenvalue weighted by Gasteiger charge is 2.37. The van der Waals surface area contributed by atoms with Crippen molar-refractivity contribution in [2.75, 3.05) is 16.8 Å². The van der Waals surface area contributed by atoms with E-state index in [-0.39, 0.29) is 17.9 Å². The molecule has 7 nitrogen and oxygen atoms in total. The third kappa shape index (κ3) is 6.22. The monoisotopic (exact) mass is 574 g/mol. The van der Waals surface area contributed by atoms with E-state index in [1.807, 2.05) is 19.1 Å². The van der Waals surface area contributed by atoms with Crippen LogP contribution in [0.15, 0.2) is 84.7 Å². The fraction of sp³-hybridized carbons (Fsp3) is 0.219. The zero-order chi connectivity index (χ0) is 29.8. The summed E-state index contributed by atoms with van der Waals surface area (Å²) >= 11 is 0. The number of alkyl halides is 1. The summed E-state index contributed by atoms with van der Waals surface area (Å²) in [4.78, 5) is 34.6. The maximum absolute atomic E-state index is 15.2. The largest absolute Gasteiger partial charge is 0.453 e. The summed E-state index contributed by atoms with van der Waals surface area (Å²) in [6.45, 7) is 3.62. The highest BCUT2D eigenvalue weighted by molar-refractivity contribution is 6.13. The molecule has 2 atom stereocenters. The number of amides is 2. The van der Waals surface area contributed by atoms with Crippen LogP contribution in [-0.4, -0.2) is 34.5 Å². The van der Waals surface area contributed by atoms with Crippen LogP contribution >= 0.6 is 0 Å². The number of benzene rings is 2. The predicted octanol–water partition coefficient (Wildman–Crippen LogP) is 7.03. The summed E-state index contributed by atoms with van der Waals surface area (Å²) in [5.41, 5.74) is 2.79. The first kappa shape index (κ1) is 28.7. The predicted molar refractivity (Wildman–Crippen MR) is 155 cm³/mol. The van der Waals surface area contributed by atoms with E-state index in [1.54, 1.807) is 12.3 Å². The smallest absolute Gasteiger partial charge is 0.239 e. The fourth-order valence-corrected chi connectivity index (χ4v) is 5.03. The Morgan fingerprint density at radius 3 is 2.69 bits per heavy atom. The Bertz CT molecular complexity index is 1680. The SMILES string of the molecule is C/C=C\C(=C/C(C)F)Cc1c[nH]c2nccc(Oc3ccc(NC(=O)C4CCN(c5ccc(F)cc5)C4=O)cc3F)c12. The van der Waals surface area contributed by atoms with E-state index in [0.29, 0.717) is 35.4 Å². The molecular weight excluding hydrogens is 545 g/mol. The summed E-state index contributed by atoms with van der Waals surface area (Å²) < 4.78 is 48.1. The summed E-state index contributed by atoms with van der Waals surface area (Å²) in [6.07, 6.45) is 8.05. The number of halogens is 3. The summed E-state index contributed by atoms with van der Waals surface area (Å²) in [5.74, 6) is -2.77. The zero-order valence-electron chi connectivity index (χ0n) is 23.0. The average molecular weight is 575 g/mol. The lowest BCUT2D eigenvalue weighted by atomic mass is 10.0. The average Bonchev–Trinajstić information content (AvgIpc) is 3.54. The van der Waals surface area contributed by atoms with Gasteiger partial charge in [-0.15, -0.1) is 0 Å². The number of aromatic amines is 1. The molecule has 0 aliphatic carbocycles. The molecule has 2 aromatic heterocycles. The number of H-pyrrole nitrogens is 1. The normalized spacial score (nSPS) is 16.4. The lowest BCUT2D eigenvalue weighted by Gasteiger charge is -2.17. The molecule has 1 aliphatic heterocycles. The van der Waals surface area contributed by atoms with Gasteiger partial charge in [0, 0.05) is 36.4 Å². The first-order chi connectivity index (χ1) is 20.2. The number of rotatable bonds is 9. The van der Waals surface area contributed by atoms with Crippen LogP contribution in [-0.2, 0) is 16.0 Å². The quantitative estimate of drug-likeness (QED) is 0.166. The number of carbonyl (C=O) groups excluding carboxylic acids is 2. The molecule has 216 valence electrons. The number of allylic oxidation sites excluding steroid dienone is 4. The minimum Gasteiger partial charge on any atom is -0.453 e. The molecule has 0 radical (unpaired) electrons. The Morgan fingerprint density at radius 1 is 1.19 bits per heavy atom. The van der Waals surface area contributed by atoms with Crippen molar-refractivity contribution in [1.82, 2.24) is 9.97 Å². The Hall–Kier alpha value is -4.86. The minimum atomic E-state index is -1.12. The molecule has 0 saturated carbocycles. The van der Waals surface area contributed by atoms with Crippen LogP contribution in [0.5, 0.6) is 11.5 Å². The molecule has 2 N–H and O–H groups in total. The van der Waals surface area contributed by atoms with Gasteiger partial charge in [0.15, 0.2) is 11.6 Å². The van der Waals surface area contributed by atoms with Gasteiger partial charge in [0.25, 0.3) is 0 Å². The number of hydrogen-bond acceptors (Lipinski definition) is 4. The molecular formula is C32H29F3N4O3. The summed E-state index contributed by atoms with van der Waals surface area (Å²) in [6, 6.07) is 11.1. The second kappa shape index (κ2) is 12.3. The molecule has 10 heteroatoms. The number of nitrogens with one attached hydrogen (secondary N) is 2. The first-order valence-corrected chi connectivity index (χ1v) is 13.5. The molecule has 42 heavy (non-hydrogen) atoms. The topological polar surface area (TPSA) is 87.3 Å². The van der Waals surface area contributed by atoms with Crippen molar-refractivity contribution in [3.8, 4) is 11.5 Å². The van der Waals surface area contributed by atoms with Crippen molar-refractivity contribution in [2.24, 2.45) is 5.92 Å². The van der Waals surface area contributed by atoms with Gasteiger partial charge in [-0.1, -0.05) is 12.2 Å². The van der Waals surface area contributed by atoms with Crippen molar-refractivity contribution < 1.29 is 27.5 Å². The molecule has 1 aliphatic rings. The van der Waals surface area contributed by atoms with Crippen molar-refractivity contribution >= 4 is 34.2 Å². The number of anilines is 2. The van der Waals surface area contributed by atoms with Gasteiger partial charge in [-0.25, -0.2) is 18.2 Å². The van der Waals surface area contributed by atoms with Crippen LogP contribution in [0.1, 0.15) is 25.8 Å². The molecule has 2 aromatic carbocycles. The molecule has 0 bridgehead atoms. The van der Waals surface area contributed by atoms with Crippen LogP contribution in [0.4, 0.5) is 24.5 Å². The van der Waals surface area contributed by atoms with Gasteiger partial charge in [-0.3, -0.25) is 9.59 Å². The number of nitrogens with zero attached hydrogens (tertiary/aromatic N) is 2. The minimum absolute atomic E-state index is 0.0753. The third-order valence-electron chi connectivity index (χ3n) is 6.92. The highest BCUT2D eigenvalue weighted by atomic mass is 19.1. The summed E-state index contributed by atoms with van der Waals surface area (Å²) in [5, 5.41) is 3.25. The number of ether oxygens (including phenoxy) is 1. The number of carbonyl (C=O) groups is 2. The Morgan fingerprint density at radius 2 is 1.98 bits per heavy atom. The van der Waals surface area contributed by atoms with E-state index in [0.717, 1.165) is 17.2 Å². The van der Waals surface area contributed by atoms with E-state index >= 15 is 4.39 Å². The van der Waals surface area contributed by atoms with Crippen molar-refractivity contribution in [3.05, 3.63) is 102 Å².